The molecule has 19 heavy (non-hydrogen) atoms. The van der Waals surface area contributed by atoms with E-state index in [9.17, 15) is 4.79 Å². The minimum Gasteiger partial charge on any atom is -0.389 e. The molecule has 0 aromatic heterocycles. The van der Waals surface area contributed by atoms with Crippen LogP contribution in [0.5, 0.6) is 0 Å². The van der Waals surface area contributed by atoms with Crippen molar-refractivity contribution >= 4 is 34.9 Å². The summed E-state index contributed by atoms with van der Waals surface area (Å²) in [4.78, 5) is 12.1. The summed E-state index contributed by atoms with van der Waals surface area (Å²) < 4.78 is 0. The zero-order valence-electron chi connectivity index (χ0n) is 11.3. The largest absolute Gasteiger partial charge is 0.389 e. The van der Waals surface area contributed by atoms with Crippen molar-refractivity contribution in [3.05, 3.63) is 35.4 Å². The number of thiocarbonyl (C=S) groups is 1. The zero-order valence-corrected chi connectivity index (χ0v) is 12.9. The third kappa shape index (κ3) is 6.07. The van der Waals surface area contributed by atoms with Crippen molar-refractivity contribution in [2.45, 2.75) is 25.0 Å². The number of rotatable bonds is 7. The molecule has 0 bridgehead atoms. The summed E-state index contributed by atoms with van der Waals surface area (Å²) in [6.45, 7) is 2.89. The van der Waals surface area contributed by atoms with Crippen LogP contribution in [0.3, 0.4) is 0 Å². The van der Waals surface area contributed by atoms with Crippen LogP contribution >= 0.6 is 24.0 Å². The monoisotopic (exact) mass is 296 g/mol. The van der Waals surface area contributed by atoms with Crippen LogP contribution in [0, 0.1) is 0 Å². The fourth-order valence-electron chi connectivity index (χ4n) is 1.57. The molecule has 1 amide bonds. The van der Waals surface area contributed by atoms with E-state index >= 15 is 0 Å². The van der Waals surface area contributed by atoms with E-state index in [-0.39, 0.29) is 5.91 Å². The van der Waals surface area contributed by atoms with Gasteiger partial charge in [0.25, 0.3) is 0 Å². The van der Waals surface area contributed by atoms with E-state index in [1.165, 1.54) is 0 Å². The van der Waals surface area contributed by atoms with Crippen LogP contribution in [0.4, 0.5) is 0 Å². The molecule has 0 heterocycles. The first-order chi connectivity index (χ1) is 9.02. The first kappa shape index (κ1) is 16.0. The Morgan fingerprint density at radius 1 is 1.42 bits per heavy atom. The molecule has 0 aliphatic rings. The van der Waals surface area contributed by atoms with Gasteiger partial charge in [-0.3, -0.25) is 4.79 Å². The van der Waals surface area contributed by atoms with E-state index in [1.54, 1.807) is 0 Å². The summed E-state index contributed by atoms with van der Waals surface area (Å²) in [5.74, 6) is 0.0522. The molecule has 0 fully saturated rings. The second kappa shape index (κ2) is 8.17. The number of carbonyl (C=O) groups is 1. The van der Waals surface area contributed by atoms with Crippen molar-refractivity contribution < 1.29 is 4.79 Å². The molecule has 1 aromatic rings. The van der Waals surface area contributed by atoms with Gasteiger partial charge in [0.1, 0.15) is 4.99 Å². The number of benzene rings is 1. The molecule has 0 saturated heterocycles. The predicted octanol–water partition coefficient (Wildman–Crippen LogP) is 2.12. The molecule has 1 unspecified atom stereocenters. The SMILES string of the molecule is CSC(C)CCNC(=O)Cc1ccc(C(N)=S)cc1. The standard InChI is InChI=1S/C14H20N2OS2/c1-10(19-2)7-8-16-13(17)9-11-3-5-12(6-4-11)14(15)18/h3-6,10H,7-9H2,1-2H3,(H2,15,18)(H,16,17). The third-order valence-corrected chi connectivity index (χ3v) is 4.15. The van der Waals surface area contributed by atoms with Gasteiger partial charge >= 0.3 is 0 Å². The van der Waals surface area contributed by atoms with E-state index in [1.807, 2.05) is 36.0 Å². The quantitative estimate of drug-likeness (QED) is 0.757. The van der Waals surface area contributed by atoms with Crippen LogP contribution in [0.1, 0.15) is 24.5 Å². The van der Waals surface area contributed by atoms with Crippen LogP contribution in [-0.2, 0) is 11.2 Å². The van der Waals surface area contributed by atoms with Gasteiger partial charge in [-0.15, -0.1) is 0 Å². The fraction of sp³-hybridized carbons (Fsp3) is 0.429. The number of amides is 1. The van der Waals surface area contributed by atoms with Crippen LogP contribution in [0.25, 0.3) is 0 Å². The lowest BCUT2D eigenvalue weighted by Gasteiger charge is -2.09. The van der Waals surface area contributed by atoms with Gasteiger partial charge in [0.05, 0.1) is 6.42 Å². The first-order valence-corrected chi connectivity index (χ1v) is 7.90. The summed E-state index contributed by atoms with van der Waals surface area (Å²) in [6.07, 6.45) is 3.47. The van der Waals surface area contributed by atoms with Gasteiger partial charge in [-0.25, -0.2) is 0 Å². The molecule has 0 saturated carbocycles. The maximum atomic E-state index is 11.7. The van der Waals surface area contributed by atoms with E-state index in [4.69, 9.17) is 18.0 Å². The van der Waals surface area contributed by atoms with Gasteiger partial charge in [-0.05, 0) is 18.2 Å². The molecule has 0 spiro atoms. The van der Waals surface area contributed by atoms with Crippen LogP contribution < -0.4 is 11.1 Å². The van der Waals surface area contributed by atoms with Crippen molar-refractivity contribution in [2.75, 3.05) is 12.8 Å². The first-order valence-electron chi connectivity index (χ1n) is 6.21. The molecule has 1 aromatic carbocycles. The highest BCUT2D eigenvalue weighted by atomic mass is 32.2. The van der Waals surface area contributed by atoms with E-state index in [0.717, 1.165) is 24.1 Å². The highest BCUT2D eigenvalue weighted by Gasteiger charge is 2.05. The number of hydrogen-bond acceptors (Lipinski definition) is 3. The predicted molar refractivity (Wildman–Crippen MR) is 86.6 cm³/mol. The lowest BCUT2D eigenvalue weighted by molar-refractivity contribution is -0.120. The maximum Gasteiger partial charge on any atom is 0.224 e. The van der Waals surface area contributed by atoms with Crippen LogP contribution in [0.2, 0.25) is 0 Å². The van der Waals surface area contributed by atoms with Gasteiger partial charge in [-0.2, -0.15) is 11.8 Å². The Labute approximate surface area is 124 Å². The average Bonchev–Trinajstić information content (AvgIpc) is 2.39. The molecule has 3 nitrogen and oxygen atoms in total. The fourth-order valence-corrected chi connectivity index (χ4v) is 2.06. The molecular formula is C14H20N2OS2. The van der Waals surface area contributed by atoms with Gasteiger partial charge in [0.15, 0.2) is 0 Å². The normalized spacial score (nSPS) is 11.9. The molecule has 3 N–H and O–H groups in total. The summed E-state index contributed by atoms with van der Waals surface area (Å²) in [5.41, 5.74) is 7.32. The molecule has 1 rings (SSSR count). The number of nitrogens with one attached hydrogen (secondary N) is 1. The Balaban J connectivity index is 2.38. The lowest BCUT2D eigenvalue weighted by Crippen LogP contribution is -2.27. The molecule has 104 valence electrons. The Hall–Kier alpha value is -1.07. The van der Waals surface area contributed by atoms with Gasteiger partial charge in [-0.1, -0.05) is 43.4 Å². The Kier molecular flexibility index (Phi) is 6.87. The van der Waals surface area contributed by atoms with Crippen LogP contribution in [-0.4, -0.2) is 28.9 Å². The minimum atomic E-state index is 0.0522. The average molecular weight is 296 g/mol. The molecule has 0 aliphatic carbocycles. The van der Waals surface area contributed by atoms with Crippen molar-refractivity contribution in [2.24, 2.45) is 5.73 Å². The topological polar surface area (TPSA) is 55.1 Å². The smallest absolute Gasteiger partial charge is 0.224 e. The van der Waals surface area contributed by atoms with Gasteiger partial charge in [0.2, 0.25) is 5.91 Å². The van der Waals surface area contributed by atoms with Crippen molar-refractivity contribution in [3.63, 3.8) is 0 Å². The third-order valence-electron chi connectivity index (χ3n) is 2.88. The molecule has 0 aliphatic heterocycles. The highest BCUT2D eigenvalue weighted by molar-refractivity contribution is 7.99. The van der Waals surface area contributed by atoms with E-state index in [0.29, 0.717) is 16.7 Å². The number of carbonyl (C=O) groups excluding carboxylic acids is 1. The van der Waals surface area contributed by atoms with E-state index in [2.05, 4.69) is 18.5 Å². The Morgan fingerprint density at radius 2 is 2.05 bits per heavy atom. The number of thioether (sulfide) groups is 1. The summed E-state index contributed by atoms with van der Waals surface area (Å²) in [5, 5.41) is 3.51. The number of nitrogens with two attached hydrogens (primary N) is 1. The molecule has 1 atom stereocenters. The Morgan fingerprint density at radius 3 is 2.58 bits per heavy atom. The Bertz CT molecular complexity index is 432. The maximum absolute atomic E-state index is 11.7. The molecular weight excluding hydrogens is 276 g/mol. The van der Waals surface area contributed by atoms with Crippen molar-refractivity contribution in [3.8, 4) is 0 Å². The minimum absolute atomic E-state index is 0.0522. The van der Waals surface area contributed by atoms with Gasteiger partial charge in [0, 0.05) is 17.4 Å². The second-order valence-corrected chi connectivity index (χ2v) is 6.14. The lowest BCUT2D eigenvalue weighted by atomic mass is 10.1. The second-order valence-electron chi connectivity index (χ2n) is 4.42. The highest BCUT2D eigenvalue weighted by Crippen LogP contribution is 2.08. The number of hydrogen-bond donors (Lipinski definition) is 2. The summed E-state index contributed by atoms with van der Waals surface area (Å²) in [6, 6.07) is 7.47. The van der Waals surface area contributed by atoms with E-state index < -0.39 is 0 Å². The molecule has 0 radical (unpaired) electrons. The summed E-state index contributed by atoms with van der Waals surface area (Å²) >= 11 is 6.69. The zero-order chi connectivity index (χ0) is 14.3. The van der Waals surface area contributed by atoms with Crippen molar-refractivity contribution in [1.82, 2.24) is 5.32 Å². The summed E-state index contributed by atoms with van der Waals surface area (Å²) in [7, 11) is 0. The molecule has 5 heteroatoms. The van der Waals surface area contributed by atoms with Crippen LogP contribution in [0.15, 0.2) is 24.3 Å². The van der Waals surface area contributed by atoms with Crippen molar-refractivity contribution in [1.29, 1.82) is 0 Å². The van der Waals surface area contributed by atoms with Gasteiger partial charge < -0.3 is 11.1 Å².